The van der Waals surface area contributed by atoms with Gasteiger partial charge in [-0.25, -0.2) is 9.37 Å². The minimum absolute atomic E-state index is 0.164. The monoisotopic (exact) mass is 384 g/mol. The lowest BCUT2D eigenvalue weighted by Gasteiger charge is -2.35. The molecule has 3 aromatic rings. The van der Waals surface area contributed by atoms with E-state index in [1.54, 1.807) is 13.2 Å². The van der Waals surface area contributed by atoms with Gasteiger partial charge in [0, 0.05) is 44.1 Å². The molecule has 0 saturated carbocycles. The Morgan fingerprint density at radius 3 is 2.59 bits per heavy atom. The van der Waals surface area contributed by atoms with Gasteiger partial charge in [0.15, 0.2) is 0 Å². The van der Waals surface area contributed by atoms with Crippen LogP contribution in [0, 0.1) is 5.82 Å². The van der Waals surface area contributed by atoms with Crippen molar-refractivity contribution in [1.82, 2.24) is 9.36 Å². The van der Waals surface area contributed by atoms with Crippen molar-refractivity contribution >= 4 is 22.4 Å². The maximum Gasteiger partial charge on any atom is 0.205 e. The van der Waals surface area contributed by atoms with Crippen LogP contribution >= 0.6 is 11.5 Å². The van der Waals surface area contributed by atoms with Crippen molar-refractivity contribution in [1.29, 1.82) is 0 Å². The molecule has 0 radical (unpaired) electrons. The number of aromatic nitrogens is 2. The molecular formula is C20H21FN4OS. The van der Waals surface area contributed by atoms with E-state index in [4.69, 9.17) is 9.72 Å². The molecule has 0 aliphatic carbocycles. The first-order chi connectivity index (χ1) is 13.2. The number of rotatable bonds is 5. The predicted octanol–water partition coefficient (Wildman–Crippen LogP) is 3.60. The Kier molecular flexibility index (Phi) is 5.20. The van der Waals surface area contributed by atoms with Crippen molar-refractivity contribution in [2.75, 3.05) is 43.1 Å². The lowest BCUT2D eigenvalue weighted by Crippen LogP contribution is -2.46. The van der Waals surface area contributed by atoms with Crippen LogP contribution in [-0.4, -0.2) is 42.6 Å². The van der Waals surface area contributed by atoms with Gasteiger partial charge in [0.05, 0.1) is 12.8 Å². The highest BCUT2D eigenvalue weighted by atomic mass is 32.1. The Bertz CT molecular complexity index is 908. The average molecular weight is 384 g/mol. The summed E-state index contributed by atoms with van der Waals surface area (Å²) < 4.78 is 23.8. The normalized spacial score (nSPS) is 14.4. The molecule has 0 spiro atoms. The highest BCUT2D eigenvalue weighted by Crippen LogP contribution is 2.24. The van der Waals surface area contributed by atoms with Crippen LogP contribution in [0.1, 0.15) is 11.4 Å². The van der Waals surface area contributed by atoms with Crippen LogP contribution in [0.2, 0.25) is 0 Å². The van der Waals surface area contributed by atoms with E-state index in [2.05, 4.69) is 20.2 Å². The largest absolute Gasteiger partial charge is 0.497 e. The summed E-state index contributed by atoms with van der Waals surface area (Å²) in [5.41, 5.74) is 1.80. The zero-order valence-corrected chi connectivity index (χ0v) is 16.0. The third kappa shape index (κ3) is 4.03. The summed E-state index contributed by atoms with van der Waals surface area (Å²) in [6, 6.07) is 14.9. The van der Waals surface area contributed by atoms with Crippen molar-refractivity contribution in [3.8, 4) is 5.75 Å². The molecule has 1 fully saturated rings. The molecule has 0 atom stereocenters. The van der Waals surface area contributed by atoms with Crippen LogP contribution in [0.3, 0.4) is 0 Å². The Morgan fingerprint density at radius 2 is 1.81 bits per heavy atom. The number of nitrogens with zero attached hydrogens (tertiary/aromatic N) is 4. The van der Waals surface area contributed by atoms with E-state index in [0.717, 1.165) is 48.4 Å². The van der Waals surface area contributed by atoms with E-state index in [-0.39, 0.29) is 5.82 Å². The SMILES string of the molecule is COc1cccc(Cc2nsc(N3CCN(c4ccccc4F)CC3)n2)c1. The molecule has 27 heavy (non-hydrogen) atoms. The summed E-state index contributed by atoms with van der Waals surface area (Å²) in [6.45, 7) is 3.15. The number of para-hydroxylation sites is 1. The standard InChI is InChI=1S/C20H21FN4OS/c1-26-16-6-4-5-15(13-16)14-19-22-20(27-23-19)25-11-9-24(10-12-25)18-8-3-2-7-17(18)21/h2-8,13H,9-12,14H2,1H3. The number of piperazine rings is 1. The van der Waals surface area contributed by atoms with E-state index in [9.17, 15) is 4.39 Å². The fraction of sp³-hybridized carbons (Fsp3) is 0.300. The maximum atomic E-state index is 14.0. The number of ether oxygens (including phenoxy) is 1. The number of methoxy groups -OCH3 is 1. The van der Waals surface area contributed by atoms with Gasteiger partial charge in [-0.3, -0.25) is 0 Å². The molecule has 0 amide bonds. The zero-order chi connectivity index (χ0) is 18.6. The molecule has 5 nitrogen and oxygen atoms in total. The van der Waals surface area contributed by atoms with E-state index in [0.29, 0.717) is 12.1 Å². The smallest absolute Gasteiger partial charge is 0.205 e. The van der Waals surface area contributed by atoms with Crippen molar-refractivity contribution in [3.05, 3.63) is 65.7 Å². The van der Waals surface area contributed by atoms with Crippen molar-refractivity contribution in [3.63, 3.8) is 0 Å². The molecule has 0 unspecified atom stereocenters. The fourth-order valence-electron chi connectivity index (χ4n) is 3.26. The lowest BCUT2D eigenvalue weighted by molar-refractivity contribution is 0.414. The second-order valence-corrected chi connectivity index (χ2v) is 7.18. The van der Waals surface area contributed by atoms with E-state index in [1.165, 1.54) is 17.6 Å². The first-order valence-corrected chi connectivity index (χ1v) is 9.70. The molecule has 1 aliphatic heterocycles. The van der Waals surface area contributed by atoms with Gasteiger partial charge in [-0.2, -0.15) is 4.37 Å². The molecule has 2 heterocycles. The van der Waals surface area contributed by atoms with Gasteiger partial charge in [-0.15, -0.1) is 0 Å². The number of hydrogen-bond donors (Lipinski definition) is 0. The minimum atomic E-state index is -0.164. The Balaban J connectivity index is 1.39. The summed E-state index contributed by atoms with van der Waals surface area (Å²) >= 11 is 1.43. The summed E-state index contributed by atoms with van der Waals surface area (Å²) in [5, 5.41) is 0.932. The van der Waals surface area contributed by atoms with Gasteiger partial charge >= 0.3 is 0 Å². The Labute approximate surface area is 162 Å². The molecule has 0 bridgehead atoms. The number of hydrogen-bond acceptors (Lipinski definition) is 6. The van der Waals surface area contributed by atoms with Crippen LogP contribution < -0.4 is 14.5 Å². The van der Waals surface area contributed by atoms with E-state index >= 15 is 0 Å². The number of benzene rings is 2. The van der Waals surface area contributed by atoms with Gasteiger partial charge in [-0.1, -0.05) is 24.3 Å². The van der Waals surface area contributed by atoms with Gasteiger partial charge in [0.2, 0.25) is 5.13 Å². The topological polar surface area (TPSA) is 41.5 Å². The lowest BCUT2D eigenvalue weighted by atomic mass is 10.1. The van der Waals surface area contributed by atoms with Gasteiger partial charge in [0.25, 0.3) is 0 Å². The first kappa shape index (κ1) is 17.7. The number of halogens is 1. The van der Waals surface area contributed by atoms with Crippen LogP contribution in [0.15, 0.2) is 48.5 Å². The third-order valence-corrected chi connectivity index (χ3v) is 5.51. The first-order valence-electron chi connectivity index (χ1n) is 8.93. The molecule has 1 saturated heterocycles. The molecule has 4 rings (SSSR count). The van der Waals surface area contributed by atoms with Crippen molar-refractivity contribution < 1.29 is 9.13 Å². The summed E-state index contributed by atoms with van der Waals surface area (Å²) in [7, 11) is 1.67. The zero-order valence-electron chi connectivity index (χ0n) is 15.1. The third-order valence-electron chi connectivity index (χ3n) is 4.70. The Morgan fingerprint density at radius 1 is 1.04 bits per heavy atom. The summed E-state index contributed by atoms with van der Waals surface area (Å²) in [6.07, 6.45) is 0.683. The highest BCUT2D eigenvalue weighted by Gasteiger charge is 2.21. The van der Waals surface area contributed by atoms with Crippen LogP contribution in [0.5, 0.6) is 5.75 Å². The van der Waals surface area contributed by atoms with Crippen LogP contribution in [0.4, 0.5) is 15.2 Å². The predicted molar refractivity (Wildman–Crippen MR) is 107 cm³/mol. The molecule has 0 N–H and O–H groups in total. The number of anilines is 2. The van der Waals surface area contributed by atoms with E-state index in [1.807, 2.05) is 30.3 Å². The molecule has 1 aromatic heterocycles. The maximum absolute atomic E-state index is 14.0. The Hall–Kier alpha value is -2.67. The van der Waals surface area contributed by atoms with Gasteiger partial charge in [-0.05, 0) is 29.8 Å². The van der Waals surface area contributed by atoms with E-state index < -0.39 is 0 Å². The molecule has 140 valence electrons. The second-order valence-electron chi connectivity index (χ2n) is 6.45. The molecule has 7 heteroatoms. The van der Waals surface area contributed by atoms with Crippen LogP contribution in [-0.2, 0) is 6.42 Å². The fourth-order valence-corrected chi connectivity index (χ4v) is 3.99. The summed E-state index contributed by atoms with van der Waals surface area (Å²) in [4.78, 5) is 9.01. The van der Waals surface area contributed by atoms with Crippen LogP contribution in [0.25, 0.3) is 0 Å². The average Bonchev–Trinajstić information content (AvgIpc) is 3.17. The molecule has 1 aliphatic rings. The minimum Gasteiger partial charge on any atom is -0.497 e. The molecular weight excluding hydrogens is 363 g/mol. The highest BCUT2D eigenvalue weighted by molar-refractivity contribution is 7.09. The van der Waals surface area contributed by atoms with Gasteiger partial charge in [0.1, 0.15) is 17.4 Å². The second kappa shape index (κ2) is 7.92. The molecule has 2 aromatic carbocycles. The van der Waals surface area contributed by atoms with Crippen molar-refractivity contribution in [2.24, 2.45) is 0 Å². The summed E-state index contributed by atoms with van der Waals surface area (Å²) in [5.74, 6) is 1.49. The van der Waals surface area contributed by atoms with Gasteiger partial charge < -0.3 is 14.5 Å². The van der Waals surface area contributed by atoms with Crippen molar-refractivity contribution in [2.45, 2.75) is 6.42 Å². The quantitative estimate of drug-likeness (QED) is 0.672.